The van der Waals surface area contributed by atoms with Gasteiger partial charge in [-0.2, -0.15) is 16.4 Å². The maximum absolute atomic E-state index is 4.95. The topological polar surface area (TPSA) is 73.5 Å². The van der Waals surface area contributed by atoms with Crippen molar-refractivity contribution >= 4 is 39.0 Å². The van der Waals surface area contributed by atoms with Gasteiger partial charge in [0.15, 0.2) is 5.82 Å². The number of hydrogen-bond donors (Lipinski definition) is 2. The van der Waals surface area contributed by atoms with E-state index in [4.69, 9.17) is 4.98 Å². The van der Waals surface area contributed by atoms with Crippen LogP contribution in [-0.2, 0) is 0 Å². The van der Waals surface area contributed by atoms with Crippen molar-refractivity contribution in [3.8, 4) is 33.8 Å². The molecule has 32 heavy (non-hydrogen) atoms. The summed E-state index contributed by atoms with van der Waals surface area (Å²) in [5.41, 5.74) is 9.26. The highest BCUT2D eigenvalue weighted by Gasteiger charge is 2.16. The lowest BCUT2D eigenvalue weighted by Crippen LogP contribution is -2.08. The summed E-state index contributed by atoms with van der Waals surface area (Å²) in [4.78, 5) is 14.9. The molecule has 0 atom stereocenters. The van der Waals surface area contributed by atoms with Gasteiger partial charge < -0.3 is 9.88 Å². The second-order valence-electron chi connectivity index (χ2n) is 7.96. The van der Waals surface area contributed by atoms with Crippen LogP contribution >= 0.6 is 11.3 Å². The van der Waals surface area contributed by atoms with E-state index in [1.807, 2.05) is 26.5 Å². The molecule has 0 radical (unpaired) electrons. The number of para-hydroxylation sites is 1. The maximum Gasteiger partial charge on any atom is 0.159 e. The number of anilines is 1. The van der Waals surface area contributed by atoms with Crippen LogP contribution < -0.4 is 4.90 Å². The quantitative estimate of drug-likeness (QED) is 0.357. The second kappa shape index (κ2) is 7.32. The number of nitrogens with one attached hydrogen (secondary N) is 2. The molecule has 0 saturated carbocycles. The van der Waals surface area contributed by atoms with E-state index in [1.54, 1.807) is 11.3 Å². The van der Waals surface area contributed by atoms with Gasteiger partial charge in [-0.3, -0.25) is 10.1 Å². The average Bonchev–Trinajstić information content (AvgIpc) is 3.57. The zero-order valence-electron chi connectivity index (χ0n) is 17.6. The Labute approximate surface area is 188 Å². The number of hydrogen-bond acceptors (Lipinski definition) is 5. The zero-order valence-corrected chi connectivity index (χ0v) is 18.4. The van der Waals surface area contributed by atoms with Crippen molar-refractivity contribution in [2.24, 2.45) is 0 Å². The number of benzene rings is 2. The molecule has 0 aliphatic heterocycles. The van der Waals surface area contributed by atoms with Crippen molar-refractivity contribution in [3.63, 3.8) is 0 Å². The van der Waals surface area contributed by atoms with Crippen LogP contribution in [0.2, 0.25) is 0 Å². The third kappa shape index (κ3) is 3.06. The predicted molar refractivity (Wildman–Crippen MR) is 132 cm³/mol. The minimum atomic E-state index is 0.756. The summed E-state index contributed by atoms with van der Waals surface area (Å²) in [6, 6.07) is 16.8. The van der Waals surface area contributed by atoms with Crippen LogP contribution in [0.3, 0.4) is 0 Å². The number of H-pyrrole nitrogens is 2. The molecule has 7 heteroatoms. The predicted octanol–water partition coefficient (Wildman–Crippen LogP) is 5.96. The average molecular weight is 437 g/mol. The van der Waals surface area contributed by atoms with Crippen molar-refractivity contribution in [2.75, 3.05) is 19.0 Å². The third-order valence-corrected chi connectivity index (χ3v) is 6.39. The van der Waals surface area contributed by atoms with Gasteiger partial charge >= 0.3 is 0 Å². The molecule has 0 aliphatic carbocycles. The van der Waals surface area contributed by atoms with E-state index >= 15 is 0 Å². The Morgan fingerprint density at radius 1 is 0.906 bits per heavy atom. The van der Waals surface area contributed by atoms with Crippen LogP contribution in [0.5, 0.6) is 0 Å². The van der Waals surface area contributed by atoms with Crippen molar-refractivity contribution in [3.05, 3.63) is 71.7 Å². The number of thiophene rings is 1. The Balaban J connectivity index is 1.49. The lowest BCUT2D eigenvalue weighted by molar-refractivity contribution is 1.11. The molecule has 0 aliphatic rings. The molecule has 0 fully saturated rings. The molecule has 2 aromatic carbocycles. The summed E-state index contributed by atoms with van der Waals surface area (Å²) in [6.45, 7) is 0. The highest BCUT2D eigenvalue weighted by molar-refractivity contribution is 7.08. The van der Waals surface area contributed by atoms with E-state index in [2.05, 4.69) is 84.4 Å². The monoisotopic (exact) mass is 436 g/mol. The van der Waals surface area contributed by atoms with E-state index in [-0.39, 0.29) is 0 Å². The molecular weight excluding hydrogens is 416 g/mol. The second-order valence-corrected chi connectivity index (χ2v) is 8.74. The van der Waals surface area contributed by atoms with Gasteiger partial charge in [0, 0.05) is 36.8 Å². The summed E-state index contributed by atoms with van der Waals surface area (Å²) in [5.74, 6) is 0.756. The van der Waals surface area contributed by atoms with Crippen LogP contribution in [0.1, 0.15) is 0 Å². The normalized spacial score (nSPS) is 11.4. The molecule has 0 spiro atoms. The molecule has 6 aromatic rings. The molecule has 0 amide bonds. The Kier molecular flexibility index (Phi) is 4.29. The smallest absolute Gasteiger partial charge is 0.159 e. The number of aromatic amines is 2. The zero-order chi connectivity index (χ0) is 21.7. The molecule has 6 nitrogen and oxygen atoms in total. The van der Waals surface area contributed by atoms with Gasteiger partial charge in [0.25, 0.3) is 0 Å². The maximum atomic E-state index is 4.95. The lowest BCUT2D eigenvalue weighted by Gasteiger charge is -2.13. The Bertz CT molecular complexity index is 1560. The number of aromatic nitrogens is 5. The first kappa shape index (κ1) is 18.8. The fourth-order valence-corrected chi connectivity index (χ4v) is 4.66. The van der Waals surface area contributed by atoms with Crippen LogP contribution in [-0.4, -0.2) is 39.2 Å². The van der Waals surface area contributed by atoms with E-state index in [0.29, 0.717) is 0 Å². The Hall–Kier alpha value is -3.97. The first-order valence-electron chi connectivity index (χ1n) is 10.3. The van der Waals surface area contributed by atoms with E-state index < -0.39 is 0 Å². The number of pyridine rings is 1. The number of rotatable bonds is 4. The first-order valence-corrected chi connectivity index (χ1v) is 11.2. The largest absolute Gasteiger partial charge is 0.376 e. The van der Waals surface area contributed by atoms with Crippen molar-refractivity contribution < 1.29 is 0 Å². The van der Waals surface area contributed by atoms with Crippen molar-refractivity contribution in [1.29, 1.82) is 0 Å². The molecule has 2 N–H and O–H groups in total. The molecule has 0 saturated heterocycles. The highest BCUT2D eigenvalue weighted by Crippen LogP contribution is 2.34. The van der Waals surface area contributed by atoms with Crippen LogP contribution in [0.25, 0.3) is 55.7 Å². The summed E-state index contributed by atoms with van der Waals surface area (Å²) in [7, 11) is 4.04. The Morgan fingerprint density at radius 3 is 2.69 bits per heavy atom. The van der Waals surface area contributed by atoms with Crippen molar-refractivity contribution in [1.82, 2.24) is 25.1 Å². The minimum Gasteiger partial charge on any atom is -0.376 e. The van der Waals surface area contributed by atoms with E-state index in [0.717, 1.165) is 55.8 Å². The van der Waals surface area contributed by atoms with Gasteiger partial charge in [-0.05, 0) is 52.2 Å². The van der Waals surface area contributed by atoms with Gasteiger partial charge in [0.05, 0.1) is 28.4 Å². The molecular formula is C25H20N6S. The van der Waals surface area contributed by atoms with Crippen LogP contribution in [0, 0.1) is 0 Å². The molecule has 0 unspecified atom stereocenters. The Morgan fingerprint density at radius 2 is 1.84 bits per heavy atom. The fourth-order valence-electron chi connectivity index (χ4n) is 4.00. The third-order valence-electron chi connectivity index (χ3n) is 5.71. The van der Waals surface area contributed by atoms with Gasteiger partial charge in [-0.15, -0.1) is 0 Å². The summed E-state index contributed by atoms with van der Waals surface area (Å²) in [5, 5.41) is 13.0. The lowest BCUT2D eigenvalue weighted by atomic mass is 10.0. The SMILES string of the molecule is CN(C)c1cncc(-c2ccc3[nH]nc(-c4nc5c(-c6ccsc6)cccc5[nH]4)c3c2)c1. The fraction of sp³-hybridized carbons (Fsp3) is 0.0800. The summed E-state index contributed by atoms with van der Waals surface area (Å²) >= 11 is 1.69. The highest BCUT2D eigenvalue weighted by atomic mass is 32.1. The molecule has 4 heterocycles. The minimum absolute atomic E-state index is 0.756. The first-order chi connectivity index (χ1) is 15.7. The van der Waals surface area contributed by atoms with Crippen molar-refractivity contribution in [2.45, 2.75) is 0 Å². The van der Waals surface area contributed by atoms with Gasteiger partial charge in [0.1, 0.15) is 5.69 Å². The van der Waals surface area contributed by atoms with E-state index in [1.165, 1.54) is 5.56 Å². The summed E-state index contributed by atoms with van der Waals surface area (Å²) < 4.78 is 0. The van der Waals surface area contributed by atoms with Gasteiger partial charge in [-0.25, -0.2) is 4.98 Å². The van der Waals surface area contributed by atoms with Gasteiger partial charge in [0.2, 0.25) is 0 Å². The molecule has 0 bridgehead atoms. The number of imidazole rings is 1. The molecule has 156 valence electrons. The standard InChI is InChI=1S/C25H20N6S/c1-31(2)18-10-17(12-26-13-18)15-6-7-21-20(11-15)24(30-29-21)25-27-22-5-3-4-19(23(22)28-25)16-8-9-32-14-16/h3-14H,1-2H3,(H,27,28)(H,29,30). The number of nitrogens with zero attached hydrogens (tertiary/aromatic N) is 4. The van der Waals surface area contributed by atoms with Crippen LogP contribution in [0.4, 0.5) is 5.69 Å². The summed E-state index contributed by atoms with van der Waals surface area (Å²) in [6.07, 6.45) is 3.76. The van der Waals surface area contributed by atoms with Crippen LogP contribution in [0.15, 0.2) is 71.7 Å². The number of fused-ring (bicyclic) bond motifs is 2. The van der Waals surface area contributed by atoms with E-state index in [9.17, 15) is 0 Å². The molecule has 6 rings (SSSR count). The van der Waals surface area contributed by atoms with Gasteiger partial charge in [-0.1, -0.05) is 18.2 Å². The molecule has 4 aromatic heterocycles.